The van der Waals surface area contributed by atoms with Crippen molar-refractivity contribution in [3.63, 3.8) is 0 Å². The average molecular weight is 307 g/mol. The molecule has 22 heavy (non-hydrogen) atoms. The Kier molecular flexibility index (Phi) is 6.07. The molecule has 1 heterocycles. The molecule has 1 aromatic carbocycles. The molecule has 122 valence electrons. The maximum Gasteiger partial charge on any atom is 0.407 e. The molecule has 2 N–H and O–H groups in total. The average Bonchev–Trinajstić information content (AvgIpc) is 3.00. The molecule has 0 aliphatic carbocycles. The minimum absolute atomic E-state index is 0.464. The molecule has 5 nitrogen and oxygen atoms in total. The fourth-order valence-corrected chi connectivity index (χ4v) is 3.03. The Morgan fingerprint density at radius 3 is 2.95 bits per heavy atom. The van der Waals surface area contributed by atoms with Gasteiger partial charge < -0.3 is 19.8 Å². The minimum Gasteiger partial charge on any atom is -0.497 e. The van der Waals surface area contributed by atoms with Gasteiger partial charge in [0.15, 0.2) is 0 Å². The van der Waals surface area contributed by atoms with Crippen molar-refractivity contribution in [2.75, 3.05) is 20.2 Å². The third-order valence-corrected chi connectivity index (χ3v) is 4.37. The lowest BCUT2D eigenvalue weighted by Crippen LogP contribution is -2.26. The predicted molar refractivity (Wildman–Crippen MR) is 84.1 cm³/mol. The van der Waals surface area contributed by atoms with Crippen molar-refractivity contribution < 1.29 is 19.7 Å². The van der Waals surface area contributed by atoms with Crippen LogP contribution < -0.4 is 4.74 Å². The van der Waals surface area contributed by atoms with E-state index in [0.29, 0.717) is 19.0 Å². The lowest BCUT2D eigenvalue weighted by Gasteiger charge is -2.14. The second kappa shape index (κ2) is 8.03. The summed E-state index contributed by atoms with van der Waals surface area (Å²) in [7, 11) is 1.62. The first-order chi connectivity index (χ1) is 10.6. The van der Waals surface area contributed by atoms with Crippen LogP contribution >= 0.6 is 0 Å². The van der Waals surface area contributed by atoms with Crippen molar-refractivity contribution in [1.82, 2.24) is 4.90 Å². The highest BCUT2D eigenvalue weighted by molar-refractivity contribution is 5.65. The molecule has 2 atom stereocenters. The van der Waals surface area contributed by atoms with Crippen LogP contribution in [0.4, 0.5) is 4.79 Å². The van der Waals surface area contributed by atoms with Crippen molar-refractivity contribution in [2.45, 2.75) is 38.2 Å². The Labute approximate surface area is 131 Å². The summed E-state index contributed by atoms with van der Waals surface area (Å²) in [5, 5.41) is 19.1. The van der Waals surface area contributed by atoms with Crippen LogP contribution in [0.5, 0.6) is 5.75 Å². The van der Waals surface area contributed by atoms with Gasteiger partial charge in [-0.25, -0.2) is 4.79 Å². The standard InChI is InChI=1S/C17H25NO4/c1-22-15-7-4-6-14(11-15)16(19)8-3-2-5-13-9-10-18(12-13)17(20)21/h4,6-7,11,13,16,19H,2-3,5,8-10,12H2,1H3,(H,20,21). The van der Waals surface area contributed by atoms with Gasteiger partial charge in [0.25, 0.3) is 0 Å². The molecule has 0 saturated carbocycles. The minimum atomic E-state index is -0.809. The second-order valence-corrected chi connectivity index (χ2v) is 5.96. The first kappa shape index (κ1) is 16.6. The van der Waals surface area contributed by atoms with E-state index < -0.39 is 12.2 Å². The van der Waals surface area contributed by atoms with Crippen LogP contribution in [0.3, 0.4) is 0 Å². The third-order valence-electron chi connectivity index (χ3n) is 4.37. The number of aliphatic hydroxyl groups excluding tert-OH is 1. The molecule has 1 fully saturated rings. The topological polar surface area (TPSA) is 70.0 Å². The van der Waals surface area contributed by atoms with Crippen molar-refractivity contribution in [2.24, 2.45) is 5.92 Å². The summed E-state index contributed by atoms with van der Waals surface area (Å²) in [6.07, 6.45) is 3.42. The summed E-state index contributed by atoms with van der Waals surface area (Å²) >= 11 is 0. The summed E-state index contributed by atoms with van der Waals surface area (Å²) in [6, 6.07) is 7.53. The molecule has 1 aromatic rings. The first-order valence-corrected chi connectivity index (χ1v) is 7.90. The van der Waals surface area contributed by atoms with Crippen molar-refractivity contribution in [3.05, 3.63) is 29.8 Å². The van der Waals surface area contributed by atoms with Gasteiger partial charge in [0.2, 0.25) is 0 Å². The van der Waals surface area contributed by atoms with E-state index >= 15 is 0 Å². The van der Waals surface area contributed by atoms with E-state index in [9.17, 15) is 9.90 Å². The third kappa shape index (κ3) is 4.63. The first-order valence-electron chi connectivity index (χ1n) is 7.90. The highest BCUT2D eigenvalue weighted by atomic mass is 16.5. The van der Waals surface area contributed by atoms with Crippen molar-refractivity contribution >= 4 is 6.09 Å². The number of methoxy groups -OCH3 is 1. The number of hydrogen-bond donors (Lipinski definition) is 2. The number of aliphatic hydroxyl groups is 1. The van der Waals surface area contributed by atoms with E-state index in [1.807, 2.05) is 24.3 Å². The molecular formula is C17H25NO4. The Bertz CT molecular complexity index is 491. The Morgan fingerprint density at radius 2 is 2.27 bits per heavy atom. The fraction of sp³-hybridized carbons (Fsp3) is 0.588. The van der Waals surface area contributed by atoms with Gasteiger partial charge in [0, 0.05) is 13.1 Å². The lowest BCUT2D eigenvalue weighted by molar-refractivity contribution is 0.153. The van der Waals surface area contributed by atoms with Crippen LogP contribution in [0.15, 0.2) is 24.3 Å². The number of carbonyl (C=O) groups is 1. The second-order valence-electron chi connectivity index (χ2n) is 5.96. The van der Waals surface area contributed by atoms with Gasteiger partial charge in [-0.05, 0) is 42.9 Å². The van der Waals surface area contributed by atoms with Gasteiger partial charge in [-0.2, -0.15) is 0 Å². The molecule has 2 rings (SSSR count). The molecule has 0 spiro atoms. The zero-order valence-electron chi connectivity index (χ0n) is 13.1. The monoisotopic (exact) mass is 307 g/mol. The number of carboxylic acid groups (broad SMARTS) is 1. The Balaban J connectivity index is 1.67. The molecular weight excluding hydrogens is 282 g/mol. The van der Waals surface area contributed by atoms with Gasteiger partial charge >= 0.3 is 6.09 Å². The van der Waals surface area contributed by atoms with Gasteiger partial charge in [0.05, 0.1) is 13.2 Å². The fourth-order valence-electron chi connectivity index (χ4n) is 3.03. The summed E-state index contributed by atoms with van der Waals surface area (Å²) in [5.41, 5.74) is 0.886. The number of benzene rings is 1. The largest absolute Gasteiger partial charge is 0.497 e. The van der Waals surface area contributed by atoms with Gasteiger partial charge in [-0.3, -0.25) is 0 Å². The normalized spacial score (nSPS) is 19.2. The predicted octanol–water partition coefficient (Wildman–Crippen LogP) is 3.29. The zero-order valence-corrected chi connectivity index (χ0v) is 13.1. The Morgan fingerprint density at radius 1 is 1.45 bits per heavy atom. The van der Waals surface area contributed by atoms with Crippen molar-refractivity contribution in [3.8, 4) is 5.75 Å². The summed E-state index contributed by atoms with van der Waals surface area (Å²) in [4.78, 5) is 12.4. The van der Waals surface area contributed by atoms with E-state index in [1.165, 1.54) is 4.90 Å². The van der Waals surface area contributed by atoms with Crippen LogP contribution in [0.2, 0.25) is 0 Å². The van der Waals surface area contributed by atoms with Gasteiger partial charge in [0.1, 0.15) is 5.75 Å². The van der Waals surface area contributed by atoms with Gasteiger partial charge in [-0.15, -0.1) is 0 Å². The highest BCUT2D eigenvalue weighted by Crippen LogP contribution is 2.26. The Hall–Kier alpha value is -1.75. The summed E-state index contributed by atoms with van der Waals surface area (Å²) < 4.78 is 5.16. The van der Waals surface area contributed by atoms with Crippen molar-refractivity contribution in [1.29, 1.82) is 0 Å². The maximum absolute atomic E-state index is 10.9. The van der Waals surface area contributed by atoms with Crippen LogP contribution in [0.25, 0.3) is 0 Å². The zero-order chi connectivity index (χ0) is 15.9. The molecule has 1 amide bonds. The van der Waals surface area contributed by atoms with Crippen LogP contribution in [0.1, 0.15) is 43.8 Å². The number of hydrogen-bond acceptors (Lipinski definition) is 3. The number of likely N-dealkylation sites (tertiary alicyclic amines) is 1. The SMILES string of the molecule is COc1cccc(C(O)CCCCC2CCN(C(=O)O)C2)c1. The van der Waals surface area contributed by atoms with Gasteiger partial charge in [-0.1, -0.05) is 25.0 Å². The van der Waals surface area contributed by atoms with Crippen LogP contribution in [-0.2, 0) is 0 Å². The highest BCUT2D eigenvalue weighted by Gasteiger charge is 2.25. The molecule has 0 aromatic heterocycles. The smallest absolute Gasteiger partial charge is 0.407 e. The summed E-state index contributed by atoms with van der Waals surface area (Å²) in [5.74, 6) is 1.24. The number of rotatable bonds is 7. The quantitative estimate of drug-likeness (QED) is 0.758. The van der Waals surface area contributed by atoms with E-state index in [4.69, 9.17) is 9.84 Å². The van der Waals surface area contributed by atoms with E-state index in [0.717, 1.165) is 43.4 Å². The number of ether oxygens (including phenoxy) is 1. The summed E-state index contributed by atoms with van der Waals surface area (Å²) in [6.45, 7) is 1.32. The number of amides is 1. The van der Waals surface area contributed by atoms with Crippen LogP contribution in [-0.4, -0.2) is 41.4 Å². The lowest BCUT2D eigenvalue weighted by atomic mass is 9.98. The molecule has 0 bridgehead atoms. The molecule has 0 radical (unpaired) electrons. The van der Waals surface area contributed by atoms with E-state index in [2.05, 4.69) is 0 Å². The van der Waals surface area contributed by atoms with Crippen LogP contribution in [0, 0.1) is 5.92 Å². The number of unbranched alkanes of at least 4 members (excludes halogenated alkanes) is 1. The molecule has 1 saturated heterocycles. The maximum atomic E-state index is 10.9. The molecule has 5 heteroatoms. The van der Waals surface area contributed by atoms with E-state index in [1.54, 1.807) is 7.11 Å². The van der Waals surface area contributed by atoms with E-state index in [-0.39, 0.29) is 0 Å². The molecule has 2 unspecified atom stereocenters. The molecule has 1 aliphatic heterocycles. The number of nitrogens with zero attached hydrogens (tertiary/aromatic N) is 1. The molecule has 1 aliphatic rings.